The van der Waals surface area contributed by atoms with Crippen molar-refractivity contribution in [2.45, 2.75) is 32.3 Å². The molecule has 2 N–H and O–H groups in total. The molecule has 64 valence electrons. The second-order valence-corrected chi connectivity index (χ2v) is 2.94. The van der Waals surface area contributed by atoms with Crippen LogP contribution in [0.5, 0.6) is 0 Å². The van der Waals surface area contributed by atoms with Gasteiger partial charge in [-0.1, -0.05) is 6.08 Å². The van der Waals surface area contributed by atoms with E-state index in [1.165, 1.54) is 0 Å². The molecular formula is C8H15NO2. The molecule has 2 atom stereocenters. The third-order valence-corrected chi connectivity index (χ3v) is 1.37. The van der Waals surface area contributed by atoms with Crippen molar-refractivity contribution in [3.8, 4) is 0 Å². The number of hydrogen-bond donors (Lipinski definition) is 1. The third kappa shape index (κ3) is 3.01. The zero-order valence-corrected chi connectivity index (χ0v) is 6.99. The highest BCUT2D eigenvalue weighted by Gasteiger charge is 2.13. The van der Waals surface area contributed by atoms with Gasteiger partial charge in [-0.2, -0.15) is 0 Å². The summed E-state index contributed by atoms with van der Waals surface area (Å²) in [4.78, 5) is 0. The molecule has 0 saturated carbocycles. The highest BCUT2D eigenvalue weighted by Crippen LogP contribution is 2.07. The summed E-state index contributed by atoms with van der Waals surface area (Å²) in [6.07, 6.45) is 3.76. The Kier molecular flexibility index (Phi) is 3.05. The van der Waals surface area contributed by atoms with Crippen LogP contribution in [0.3, 0.4) is 0 Å². The van der Waals surface area contributed by atoms with Gasteiger partial charge in [0.05, 0.1) is 12.7 Å². The van der Waals surface area contributed by atoms with Crippen molar-refractivity contribution in [3.05, 3.63) is 12.2 Å². The van der Waals surface area contributed by atoms with Crippen LogP contribution in [0.15, 0.2) is 12.2 Å². The van der Waals surface area contributed by atoms with Crippen LogP contribution in [0.1, 0.15) is 13.8 Å². The van der Waals surface area contributed by atoms with E-state index in [0.717, 1.165) is 0 Å². The van der Waals surface area contributed by atoms with E-state index in [9.17, 15) is 0 Å². The standard InChI is InChI=1S/C8H15NO2/c1-6(2)11-8-4-3-7(9)5-10-8/h3-4,6-8H,5,9H2,1-2H3/t7-,8+/m1/s1. The van der Waals surface area contributed by atoms with Gasteiger partial charge >= 0.3 is 0 Å². The van der Waals surface area contributed by atoms with Gasteiger partial charge in [-0.25, -0.2) is 0 Å². The molecule has 0 bridgehead atoms. The molecule has 1 rings (SSSR count). The first-order chi connectivity index (χ1) is 5.18. The van der Waals surface area contributed by atoms with Gasteiger partial charge in [0.15, 0.2) is 6.29 Å². The van der Waals surface area contributed by atoms with E-state index in [2.05, 4.69) is 0 Å². The molecule has 1 aliphatic heterocycles. The van der Waals surface area contributed by atoms with Crippen LogP contribution in [0.4, 0.5) is 0 Å². The summed E-state index contributed by atoms with van der Waals surface area (Å²) in [5, 5.41) is 0. The minimum atomic E-state index is -0.199. The normalized spacial score (nSPS) is 31.3. The first-order valence-electron chi connectivity index (χ1n) is 3.89. The molecule has 3 nitrogen and oxygen atoms in total. The van der Waals surface area contributed by atoms with E-state index in [1.807, 2.05) is 26.0 Å². The Morgan fingerprint density at radius 1 is 1.55 bits per heavy atom. The van der Waals surface area contributed by atoms with Crippen molar-refractivity contribution in [1.29, 1.82) is 0 Å². The molecule has 0 saturated heterocycles. The van der Waals surface area contributed by atoms with E-state index in [1.54, 1.807) is 0 Å². The topological polar surface area (TPSA) is 44.5 Å². The van der Waals surface area contributed by atoms with Gasteiger partial charge in [0.25, 0.3) is 0 Å². The summed E-state index contributed by atoms with van der Waals surface area (Å²) in [5.74, 6) is 0. The summed E-state index contributed by atoms with van der Waals surface area (Å²) in [5.41, 5.74) is 5.56. The molecule has 1 aliphatic rings. The fraction of sp³-hybridized carbons (Fsp3) is 0.750. The molecule has 0 aromatic heterocycles. The molecule has 0 aromatic rings. The maximum absolute atomic E-state index is 5.56. The molecular weight excluding hydrogens is 142 g/mol. The summed E-state index contributed by atoms with van der Waals surface area (Å²) in [7, 11) is 0. The fourth-order valence-corrected chi connectivity index (χ4v) is 0.903. The first kappa shape index (κ1) is 8.71. The lowest BCUT2D eigenvalue weighted by atomic mass is 10.2. The van der Waals surface area contributed by atoms with Crippen LogP contribution in [0.2, 0.25) is 0 Å². The monoisotopic (exact) mass is 157 g/mol. The average molecular weight is 157 g/mol. The summed E-state index contributed by atoms with van der Waals surface area (Å²) < 4.78 is 10.6. The van der Waals surface area contributed by atoms with Crippen LogP contribution in [-0.4, -0.2) is 25.0 Å². The van der Waals surface area contributed by atoms with E-state index in [0.29, 0.717) is 6.61 Å². The number of ether oxygens (including phenoxy) is 2. The van der Waals surface area contributed by atoms with Crippen molar-refractivity contribution in [2.24, 2.45) is 5.73 Å². The van der Waals surface area contributed by atoms with Crippen LogP contribution in [0, 0.1) is 0 Å². The van der Waals surface area contributed by atoms with Crippen molar-refractivity contribution in [3.63, 3.8) is 0 Å². The predicted molar refractivity (Wildman–Crippen MR) is 43.1 cm³/mol. The first-order valence-corrected chi connectivity index (χ1v) is 3.89. The number of rotatable bonds is 2. The molecule has 1 heterocycles. The molecule has 0 aliphatic carbocycles. The summed E-state index contributed by atoms with van der Waals surface area (Å²) in [6, 6.07) is 0.0296. The highest BCUT2D eigenvalue weighted by molar-refractivity contribution is 4.97. The molecule has 0 amide bonds. The molecule has 0 aromatic carbocycles. The van der Waals surface area contributed by atoms with Crippen LogP contribution < -0.4 is 5.73 Å². The summed E-state index contributed by atoms with van der Waals surface area (Å²) >= 11 is 0. The summed E-state index contributed by atoms with van der Waals surface area (Å²) in [6.45, 7) is 4.51. The lowest BCUT2D eigenvalue weighted by Crippen LogP contribution is -2.33. The Bertz CT molecular complexity index is 145. The predicted octanol–water partition coefficient (Wildman–Crippen LogP) is 0.651. The van der Waals surface area contributed by atoms with Gasteiger partial charge in [-0.3, -0.25) is 0 Å². The van der Waals surface area contributed by atoms with Crippen LogP contribution in [0.25, 0.3) is 0 Å². The zero-order valence-electron chi connectivity index (χ0n) is 6.99. The highest BCUT2D eigenvalue weighted by atomic mass is 16.7. The Balaban J connectivity index is 2.32. The largest absolute Gasteiger partial charge is 0.347 e. The smallest absolute Gasteiger partial charge is 0.177 e. The molecule has 0 fully saturated rings. The number of hydrogen-bond acceptors (Lipinski definition) is 3. The van der Waals surface area contributed by atoms with E-state index in [4.69, 9.17) is 15.2 Å². The second-order valence-electron chi connectivity index (χ2n) is 2.94. The van der Waals surface area contributed by atoms with Crippen molar-refractivity contribution < 1.29 is 9.47 Å². The molecule has 0 spiro atoms. The van der Waals surface area contributed by atoms with Gasteiger partial charge < -0.3 is 15.2 Å². The zero-order chi connectivity index (χ0) is 8.27. The Hall–Kier alpha value is -0.380. The van der Waals surface area contributed by atoms with Crippen molar-refractivity contribution in [2.75, 3.05) is 6.61 Å². The molecule has 11 heavy (non-hydrogen) atoms. The molecule has 3 heteroatoms. The Morgan fingerprint density at radius 2 is 2.27 bits per heavy atom. The van der Waals surface area contributed by atoms with Crippen LogP contribution >= 0.6 is 0 Å². The number of nitrogens with two attached hydrogens (primary N) is 1. The quantitative estimate of drug-likeness (QED) is 0.598. The van der Waals surface area contributed by atoms with Crippen LogP contribution in [-0.2, 0) is 9.47 Å². The average Bonchev–Trinajstić information content (AvgIpc) is 1.93. The van der Waals surface area contributed by atoms with Gasteiger partial charge in [-0.05, 0) is 19.9 Å². The molecule has 0 unspecified atom stereocenters. The van der Waals surface area contributed by atoms with Gasteiger partial charge in [0.2, 0.25) is 0 Å². The lowest BCUT2D eigenvalue weighted by Gasteiger charge is -2.23. The van der Waals surface area contributed by atoms with E-state index < -0.39 is 0 Å². The second kappa shape index (κ2) is 3.85. The molecule has 0 radical (unpaired) electrons. The SMILES string of the molecule is CC(C)O[C@H]1C=C[C@@H](N)CO1. The van der Waals surface area contributed by atoms with E-state index in [-0.39, 0.29) is 18.4 Å². The van der Waals surface area contributed by atoms with E-state index >= 15 is 0 Å². The van der Waals surface area contributed by atoms with Crippen molar-refractivity contribution in [1.82, 2.24) is 0 Å². The lowest BCUT2D eigenvalue weighted by molar-refractivity contribution is -0.139. The maximum atomic E-state index is 5.56. The van der Waals surface area contributed by atoms with Gasteiger partial charge in [0.1, 0.15) is 0 Å². The third-order valence-electron chi connectivity index (χ3n) is 1.37. The maximum Gasteiger partial charge on any atom is 0.177 e. The van der Waals surface area contributed by atoms with Crippen molar-refractivity contribution >= 4 is 0 Å². The Morgan fingerprint density at radius 3 is 2.73 bits per heavy atom. The van der Waals surface area contributed by atoms with Gasteiger partial charge in [-0.15, -0.1) is 0 Å². The minimum Gasteiger partial charge on any atom is -0.347 e. The van der Waals surface area contributed by atoms with Gasteiger partial charge in [0, 0.05) is 6.04 Å². The minimum absolute atomic E-state index is 0.0296. The fourth-order valence-electron chi connectivity index (χ4n) is 0.903. The Labute approximate surface area is 67.2 Å².